The minimum Gasteiger partial charge on any atom is -0.391 e. The highest BCUT2D eigenvalue weighted by Crippen LogP contribution is 2.21. The number of aryl methyl sites for hydroxylation is 1. The largest absolute Gasteiger partial charge is 0.391 e. The van der Waals surface area contributed by atoms with Gasteiger partial charge in [0.25, 0.3) is 0 Å². The van der Waals surface area contributed by atoms with Crippen LogP contribution >= 0.6 is 11.3 Å². The number of nitrogens with one attached hydrogen (secondary N) is 1. The highest BCUT2D eigenvalue weighted by atomic mass is 32.1. The van der Waals surface area contributed by atoms with E-state index in [4.69, 9.17) is 5.53 Å². The normalized spacial score (nSPS) is 16.3. The van der Waals surface area contributed by atoms with Gasteiger partial charge < -0.3 is 20.2 Å². The average Bonchev–Trinajstić information content (AvgIpc) is 3.38. The first kappa shape index (κ1) is 25.5. The number of aliphatic hydroxyl groups is 1. The van der Waals surface area contributed by atoms with E-state index in [9.17, 15) is 14.7 Å². The molecule has 2 N–H and O–H groups in total. The van der Waals surface area contributed by atoms with Gasteiger partial charge in [-0.05, 0) is 30.4 Å². The molecule has 34 heavy (non-hydrogen) atoms. The van der Waals surface area contributed by atoms with Gasteiger partial charge in [0.2, 0.25) is 5.91 Å². The molecule has 2 heterocycles. The number of carbonyl (C=O) groups is 2. The Hall–Kier alpha value is -3.14. The molecule has 3 amide bonds. The molecule has 2 aromatic rings. The lowest BCUT2D eigenvalue weighted by molar-refractivity contribution is -0.128. The van der Waals surface area contributed by atoms with Crippen LogP contribution in [0.3, 0.4) is 0 Å². The van der Waals surface area contributed by atoms with E-state index in [0.29, 0.717) is 26.1 Å². The number of hydrogen-bond acceptors (Lipinski definition) is 6. The molecule has 1 aromatic carbocycles. The fourth-order valence-corrected chi connectivity index (χ4v) is 4.76. The lowest BCUT2D eigenvalue weighted by atomic mass is 9.98. The second kappa shape index (κ2) is 11.8. The van der Waals surface area contributed by atoms with Crippen molar-refractivity contribution in [3.63, 3.8) is 0 Å². The van der Waals surface area contributed by atoms with E-state index in [2.05, 4.69) is 20.3 Å². The van der Waals surface area contributed by atoms with Crippen molar-refractivity contribution in [2.24, 2.45) is 11.0 Å². The minimum absolute atomic E-state index is 0.142. The minimum atomic E-state index is -1.06. The van der Waals surface area contributed by atoms with Gasteiger partial charge in [0, 0.05) is 23.4 Å². The van der Waals surface area contributed by atoms with E-state index in [1.54, 1.807) is 21.1 Å². The van der Waals surface area contributed by atoms with E-state index >= 15 is 0 Å². The van der Waals surface area contributed by atoms with E-state index in [1.165, 1.54) is 0 Å². The molecular weight excluding hydrogens is 454 g/mol. The van der Waals surface area contributed by atoms with Crippen LogP contribution in [0.5, 0.6) is 0 Å². The van der Waals surface area contributed by atoms with Crippen LogP contribution in [-0.4, -0.2) is 69.7 Å². The number of azide groups is 1. The number of nitrogens with zero attached hydrogens (tertiary/aromatic N) is 6. The first-order valence-electron chi connectivity index (χ1n) is 11.3. The summed E-state index contributed by atoms with van der Waals surface area (Å²) in [5, 5.41) is 19.9. The summed E-state index contributed by atoms with van der Waals surface area (Å²) >= 11 is 1.54. The van der Waals surface area contributed by atoms with Gasteiger partial charge in [-0.2, -0.15) is 0 Å². The van der Waals surface area contributed by atoms with Crippen LogP contribution in [0.1, 0.15) is 30.1 Å². The van der Waals surface area contributed by atoms with Gasteiger partial charge in [-0.1, -0.05) is 49.3 Å². The maximum Gasteiger partial charge on any atom is 0.321 e. The Morgan fingerprint density at radius 3 is 2.68 bits per heavy atom. The predicted octanol–water partition coefficient (Wildman–Crippen LogP) is 3.11. The number of thiazole rings is 1. The second-order valence-electron chi connectivity index (χ2n) is 8.73. The quantitative estimate of drug-likeness (QED) is 0.287. The molecular formula is C23H31N7O3S. The summed E-state index contributed by atoms with van der Waals surface area (Å²) in [6, 6.07) is 7.89. The molecule has 1 unspecified atom stereocenters. The van der Waals surface area contributed by atoms with Gasteiger partial charge in [-0.25, -0.2) is 9.78 Å². The van der Waals surface area contributed by atoms with Gasteiger partial charge >= 0.3 is 6.03 Å². The molecule has 1 aromatic heterocycles. The molecule has 1 aliphatic heterocycles. The summed E-state index contributed by atoms with van der Waals surface area (Å²) in [6.07, 6.45) is -0.700. The van der Waals surface area contributed by atoms with Crippen molar-refractivity contribution < 1.29 is 14.7 Å². The van der Waals surface area contributed by atoms with Crippen LogP contribution < -0.4 is 5.32 Å². The Bertz CT molecular complexity index is 1020. The lowest BCUT2D eigenvalue weighted by Crippen LogP contribution is -2.56. The predicted molar refractivity (Wildman–Crippen MR) is 130 cm³/mol. The Morgan fingerprint density at radius 2 is 2.06 bits per heavy atom. The molecule has 182 valence electrons. The Labute approximate surface area is 203 Å². The first-order chi connectivity index (χ1) is 16.3. The van der Waals surface area contributed by atoms with Crippen molar-refractivity contribution in [3.8, 4) is 0 Å². The van der Waals surface area contributed by atoms with Gasteiger partial charge in [0.15, 0.2) is 0 Å². The zero-order valence-electron chi connectivity index (χ0n) is 19.7. The standard InChI is InChI=1S/C23H31N7O3S/c1-15(2)21(30-10-9-29(23(30)33)13-18-14-34-16(3)26-18)22(32)27-19(20(31)12-25-28-24)11-17-7-5-4-6-8-17/h4-8,14-15,19-21,31H,9-13H2,1-3H3,(H,27,32)/t19-,20+,21?/m0/s1. The molecule has 3 atom stereocenters. The van der Waals surface area contributed by atoms with Crippen molar-refractivity contribution in [1.29, 1.82) is 0 Å². The zero-order chi connectivity index (χ0) is 24.7. The van der Waals surface area contributed by atoms with Crippen LogP contribution in [0.2, 0.25) is 0 Å². The zero-order valence-corrected chi connectivity index (χ0v) is 20.5. The summed E-state index contributed by atoms with van der Waals surface area (Å²) in [5.41, 5.74) is 10.4. The monoisotopic (exact) mass is 485 g/mol. The Balaban J connectivity index is 1.73. The summed E-state index contributed by atoms with van der Waals surface area (Å²) in [4.78, 5) is 37.0. The van der Waals surface area contributed by atoms with Crippen LogP contribution in [0.4, 0.5) is 4.79 Å². The third kappa shape index (κ3) is 6.47. The smallest absolute Gasteiger partial charge is 0.321 e. The van der Waals surface area contributed by atoms with Gasteiger partial charge in [-0.15, -0.1) is 11.3 Å². The Kier molecular flexibility index (Phi) is 8.86. The molecule has 10 nitrogen and oxygen atoms in total. The summed E-state index contributed by atoms with van der Waals surface area (Å²) in [7, 11) is 0. The van der Waals surface area contributed by atoms with E-state index < -0.39 is 18.2 Å². The molecule has 11 heteroatoms. The van der Waals surface area contributed by atoms with Crippen molar-refractivity contribution in [2.75, 3.05) is 19.6 Å². The van der Waals surface area contributed by atoms with Gasteiger partial charge in [-0.3, -0.25) is 4.79 Å². The number of urea groups is 1. The van der Waals surface area contributed by atoms with E-state index in [-0.39, 0.29) is 24.4 Å². The maximum absolute atomic E-state index is 13.4. The van der Waals surface area contributed by atoms with E-state index in [0.717, 1.165) is 16.3 Å². The number of benzene rings is 1. The number of aromatic nitrogens is 1. The molecule has 0 radical (unpaired) electrons. The van der Waals surface area contributed by atoms with Crippen LogP contribution in [0.25, 0.3) is 10.4 Å². The van der Waals surface area contributed by atoms with E-state index in [1.807, 2.05) is 56.5 Å². The van der Waals surface area contributed by atoms with Crippen LogP contribution in [0.15, 0.2) is 40.8 Å². The fourth-order valence-electron chi connectivity index (χ4n) is 4.15. The first-order valence-corrected chi connectivity index (χ1v) is 12.2. The van der Waals surface area contributed by atoms with Crippen LogP contribution in [-0.2, 0) is 17.8 Å². The molecule has 0 bridgehead atoms. The highest BCUT2D eigenvalue weighted by Gasteiger charge is 2.40. The Morgan fingerprint density at radius 1 is 1.32 bits per heavy atom. The summed E-state index contributed by atoms with van der Waals surface area (Å²) < 4.78 is 0. The number of hydrogen-bond donors (Lipinski definition) is 2. The van der Waals surface area contributed by atoms with Crippen molar-refractivity contribution in [1.82, 2.24) is 20.1 Å². The second-order valence-corrected chi connectivity index (χ2v) is 9.79. The van der Waals surface area contributed by atoms with Crippen LogP contribution in [0, 0.1) is 12.8 Å². The maximum atomic E-state index is 13.4. The SMILES string of the molecule is Cc1nc(CN2CCN(C(C(=O)N[C@@H](Cc3ccccc3)[C@H](O)CN=[N+]=[N-])C(C)C)C2=O)cs1. The third-order valence-corrected chi connectivity index (χ3v) is 6.63. The summed E-state index contributed by atoms with van der Waals surface area (Å²) in [6.45, 7) is 6.91. The van der Waals surface area contributed by atoms with Gasteiger partial charge in [0.05, 0.1) is 35.9 Å². The fraction of sp³-hybridized carbons (Fsp3) is 0.522. The lowest BCUT2D eigenvalue weighted by Gasteiger charge is -2.32. The molecule has 1 fully saturated rings. The van der Waals surface area contributed by atoms with Crippen molar-refractivity contribution in [3.05, 3.63) is 62.4 Å². The number of carbonyl (C=O) groups excluding carboxylic acids is 2. The summed E-state index contributed by atoms with van der Waals surface area (Å²) in [5.74, 6) is -0.479. The highest BCUT2D eigenvalue weighted by molar-refractivity contribution is 7.09. The molecule has 3 rings (SSSR count). The number of amides is 3. The molecule has 0 saturated carbocycles. The number of aliphatic hydroxyl groups excluding tert-OH is 1. The molecule has 0 spiro atoms. The van der Waals surface area contributed by atoms with Gasteiger partial charge in [0.1, 0.15) is 6.04 Å². The van der Waals surface area contributed by atoms with Crippen molar-refractivity contribution >= 4 is 23.3 Å². The third-order valence-electron chi connectivity index (χ3n) is 5.80. The average molecular weight is 486 g/mol. The number of rotatable bonds is 11. The molecule has 0 aliphatic carbocycles. The molecule has 1 saturated heterocycles. The molecule has 1 aliphatic rings. The topological polar surface area (TPSA) is 135 Å². The van der Waals surface area contributed by atoms with Crippen molar-refractivity contribution in [2.45, 2.75) is 51.9 Å².